The Labute approximate surface area is 413 Å². The van der Waals surface area contributed by atoms with E-state index in [1.54, 1.807) is 0 Å². The van der Waals surface area contributed by atoms with Gasteiger partial charge in [-0.1, -0.05) is 60.7 Å². The summed E-state index contributed by atoms with van der Waals surface area (Å²) in [4.78, 5) is 24.5. The molecule has 0 amide bonds. The van der Waals surface area contributed by atoms with Crippen LogP contribution < -0.4 is 80.6 Å². The Morgan fingerprint density at radius 2 is 0.969 bits per heavy atom. The molecular weight excluding hydrogens is 887 g/mol. The quantitative estimate of drug-likeness (QED) is 0.0541. The molecule has 2 atom stereocenters. The molecule has 2 aliphatic heterocycles. The molecule has 4 N–H and O–H groups in total. The van der Waals surface area contributed by atoms with Crippen LogP contribution in [0.25, 0.3) is 12.2 Å². The van der Waals surface area contributed by atoms with Crippen LogP contribution >= 0.6 is 0 Å². The molecule has 2 unspecified atom stereocenters. The minimum Gasteiger partial charge on any atom is -0.744 e. The fourth-order valence-corrected chi connectivity index (χ4v) is 8.02. The largest absolute Gasteiger partial charge is 1.00 e. The van der Waals surface area contributed by atoms with E-state index in [4.69, 9.17) is 9.47 Å². The molecule has 2 saturated heterocycles. The van der Waals surface area contributed by atoms with Gasteiger partial charge in [-0.15, -0.1) is 0 Å². The number of nitrogens with zero attached hydrogens (tertiary/aromatic N) is 8. The third kappa shape index (κ3) is 13.1. The normalized spacial score (nSPS) is 17.2. The van der Waals surface area contributed by atoms with E-state index in [1.807, 2.05) is 70.7 Å². The van der Waals surface area contributed by atoms with Gasteiger partial charge in [0, 0.05) is 35.8 Å². The zero-order valence-corrected chi connectivity index (χ0v) is 40.2. The van der Waals surface area contributed by atoms with Gasteiger partial charge in [-0.05, 0) is 59.7 Å². The molecule has 4 aromatic carbocycles. The van der Waals surface area contributed by atoms with E-state index in [0.29, 0.717) is 51.0 Å². The molecule has 24 heteroatoms. The van der Waals surface area contributed by atoms with Crippen LogP contribution in [0.15, 0.2) is 120 Å². The molecule has 320 valence electrons. The van der Waals surface area contributed by atoms with E-state index in [2.05, 4.69) is 51.4 Å². The molecule has 0 radical (unpaired) electrons. The van der Waals surface area contributed by atoms with Gasteiger partial charge in [0.05, 0.1) is 36.1 Å². The molecule has 0 spiro atoms. The first-order chi connectivity index (χ1) is 29.9. The number of morpholine rings is 2. The minimum absolute atomic E-state index is 0. The van der Waals surface area contributed by atoms with Gasteiger partial charge in [-0.2, -0.15) is 9.97 Å². The summed E-state index contributed by atoms with van der Waals surface area (Å²) < 4.78 is 86.7. The van der Waals surface area contributed by atoms with Crippen LogP contribution in [0, 0.1) is 0 Å². The zero-order chi connectivity index (χ0) is 43.1. The summed E-state index contributed by atoms with van der Waals surface area (Å²) in [5.74, 6) is 0.808. The van der Waals surface area contributed by atoms with Crippen molar-refractivity contribution in [3.8, 4) is 0 Å². The number of benzene rings is 4. The maximum atomic E-state index is 12.5. The molecule has 4 heterocycles. The Kier molecular flexibility index (Phi) is 16.9. The van der Waals surface area contributed by atoms with Gasteiger partial charge in [-0.25, -0.2) is 46.8 Å². The molecule has 2 fully saturated rings. The van der Waals surface area contributed by atoms with E-state index < -0.39 is 42.2 Å². The molecule has 0 bridgehead atoms. The second-order valence-electron chi connectivity index (χ2n) is 13.9. The maximum Gasteiger partial charge on any atom is 1.00 e. The predicted molar refractivity (Wildman–Crippen MR) is 225 cm³/mol. The summed E-state index contributed by atoms with van der Waals surface area (Å²) in [6.45, 7) is 2.92. The molecule has 2 aliphatic rings. The van der Waals surface area contributed by atoms with Crippen LogP contribution in [0.2, 0.25) is 0 Å². The van der Waals surface area contributed by atoms with E-state index in [1.165, 1.54) is 49.1 Å². The van der Waals surface area contributed by atoms with Crippen molar-refractivity contribution in [1.82, 2.24) is 39.9 Å². The van der Waals surface area contributed by atoms with Crippen molar-refractivity contribution >= 4 is 67.0 Å². The number of hydrogen-bond donors (Lipinski definition) is 4. The van der Waals surface area contributed by atoms with Crippen LogP contribution in [0.3, 0.4) is 0 Å². The van der Waals surface area contributed by atoms with Gasteiger partial charge in [0.25, 0.3) is 0 Å². The second kappa shape index (κ2) is 22.1. The number of hydrazine groups is 2. The third-order valence-corrected chi connectivity index (χ3v) is 11.3. The summed E-state index contributed by atoms with van der Waals surface area (Å²) in [5, 5.41) is 9.78. The third-order valence-electron chi connectivity index (χ3n) is 9.53. The van der Waals surface area contributed by atoms with Crippen LogP contribution in [-0.4, -0.2) is 105 Å². The molecule has 64 heavy (non-hydrogen) atoms. The Morgan fingerprint density at radius 1 is 0.562 bits per heavy atom. The van der Waals surface area contributed by atoms with Crippen LogP contribution in [0.4, 0.5) is 34.6 Å². The van der Waals surface area contributed by atoms with Gasteiger partial charge < -0.3 is 40.1 Å². The fourth-order valence-electron chi connectivity index (χ4n) is 6.62. The topological polar surface area (TPSA) is 265 Å². The summed E-state index contributed by atoms with van der Waals surface area (Å²) in [6.07, 6.45) is 4.01. The van der Waals surface area contributed by atoms with Gasteiger partial charge in [0.2, 0.25) is 11.9 Å². The first kappa shape index (κ1) is 48.9. The van der Waals surface area contributed by atoms with Gasteiger partial charge in [0.15, 0.2) is 11.6 Å². The summed E-state index contributed by atoms with van der Waals surface area (Å²) in [5.41, 5.74) is 8.69. The first-order valence-corrected chi connectivity index (χ1v) is 21.9. The Hall–Kier alpha value is -4.50. The SMILES string of the molecule is O=S(=O)([O-])c1cc(Nc2ncnc(C3CN(Nc4ccccc4)CCO3)n2)ccc1C=Cc1ccc(Nc2ncnc(C3CN(Nc4ccccc4)CCO3)n2)cc1S(=O)(=O)[O-].[Na+].[Na+]. The molecule has 20 nitrogen and oxygen atoms in total. The number of para-hydroxylation sites is 2. The predicted octanol–water partition coefficient (Wildman–Crippen LogP) is -1.67. The van der Waals surface area contributed by atoms with E-state index >= 15 is 0 Å². The average molecular weight is 925 g/mol. The standard InChI is InChI=1S/C40H40N12O8S2.2Na/c53-61(54,55)35-21-31(45-39-43-25-41-37(47-39)33-23-51(17-19-59-33)49-29-7-3-1-4-8-29)15-13-27(35)11-12-28-14-16-32(22-36(28)62(56,57)58)46-40-44-26-42-38(48-40)34-24-52(18-20-60-34)50-30-9-5-2-6-10-30;;/h1-16,21-22,25-26,33-34,49-50H,17-20,23-24H2,(H,53,54,55)(H,56,57,58)(H,41,43,45,47)(H,42,44,46,48);;/q;2*+1/p-2. The second-order valence-corrected chi connectivity index (χ2v) is 16.6. The molecule has 6 aromatic rings. The number of ether oxygens (including phenoxy) is 2. The molecule has 0 aliphatic carbocycles. The number of hydrogen-bond acceptors (Lipinski definition) is 20. The minimum atomic E-state index is -5.07. The van der Waals surface area contributed by atoms with Crippen LogP contribution in [0.5, 0.6) is 0 Å². The van der Waals surface area contributed by atoms with Gasteiger partial charge >= 0.3 is 59.1 Å². The summed E-state index contributed by atoms with van der Waals surface area (Å²) >= 11 is 0. The average Bonchev–Trinajstić information content (AvgIpc) is 3.27. The molecule has 2 aromatic heterocycles. The van der Waals surface area contributed by atoms with E-state index in [0.717, 1.165) is 23.5 Å². The Balaban J connectivity index is 0.00000340. The zero-order valence-electron chi connectivity index (χ0n) is 34.6. The van der Waals surface area contributed by atoms with E-state index in [-0.39, 0.29) is 93.5 Å². The van der Waals surface area contributed by atoms with Gasteiger partial charge in [-0.3, -0.25) is 0 Å². The first-order valence-electron chi connectivity index (χ1n) is 19.1. The van der Waals surface area contributed by atoms with Crippen molar-refractivity contribution in [2.24, 2.45) is 0 Å². The van der Waals surface area contributed by atoms with Gasteiger partial charge in [0.1, 0.15) is 45.1 Å². The van der Waals surface area contributed by atoms with Crippen molar-refractivity contribution < 1.29 is 94.5 Å². The fraction of sp³-hybridized carbons (Fsp3) is 0.200. The van der Waals surface area contributed by atoms with Crippen molar-refractivity contribution in [2.45, 2.75) is 22.0 Å². The Bertz CT molecular complexity index is 2600. The number of rotatable bonds is 14. The molecular formula is C40H38N12Na2O8S2. The van der Waals surface area contributed by atoms with Crippen molar-refractivity contribution in [3.63, 3.8) is 0 Å². The van der Waals surface area contributed by atoms with Crippen molar-refractivity contribution in [3.05, 3.63) is 132 Å². The van der Waals surface area contributed by atoms with Crippen LogP contribution in [0.1, 0.15) is 35.0 Å². The van der Waals surface area contributed by atoms with Crippen molar-refractivity contribution in [1.29, 1.82) is 0 Å². The molecule has 0 saturated carbocycles. The maximum absolute atomic E-state index is 12.5. The summed E-state index contributed by atoms with van der Waals surface area (Å²) in [7, 11) is -10.1. The summed E-state index contributed by atoms with van der Waals surface area (Å²) in [6, 6.07) is 27.2. The van der Waals surface area contributed by atoms with E-state index in [9.17, 15) is 25.9 Å². The number of aromatic nitrogens is 6. The monoisotopic (exact) mass is 924 g/mol. The number of anilines is 6. The van der Waals surface area contributed by atoms with Crippen molar-refractivity contribution in [2.75, 3.05) is 60.9 Å². The Morgan fingerprint density at radius 3 is 1.36 bits per heavy atom. The number of nitrogens with one attached hydrogen (secondary N) is 4. The molecule has 8 rings (SSSR count). The smallest absolute Gasteiger partial charge is 0.744 e. The van der Waals surface area contributed by atoms with Crippen LogP contribution in [-0.2, 0) is 29.7 Å².